The molecule has 124 valence electrons. The first-order chi connectivity index (χ1) is 11.2. The van der Waals surface area contributed by atoms with Crippen LogP contribution >= 0.6 is 0 Å². The monoisotopic (exact) mass is 327 g/mol. The third-order valence-electron chi connectivity index (χ3n) is 3.49. The maximum absolute atomic E-state index is 13.5. The number of aliphatic hydroxyl groups is 1. The number of nitrogens with zero attached hydrogens (tertiary/aromatic N) is 4. The molecule has 6 nitrogen and oxygen atoms in total. The van der Waals surface area contributed by atoms with Crippen LogP contribution in [0.4, 0.5) is 10.2 Å². The third kappa shape index (κ3) is 3.11. The number of imidazole rings is 1. The van der Waals surface area contributed by atoms with Gasteiger partial charge in [-0.15, -0.1) is 0 Å². The number of benzene rings is 1. The summed E-state index contributed by atoms with van der Waals surface area (Å²) in [7, 11) is 1.78. The summed E-state index contributed by atoms with van der Waals surface area (Å²) in [5.41, 5.74) is 6.63. The number of aryl methyl sites for hydroxylation is 1. The van der Waals surface area contributed by atoms with Crippen molar-refractivity contribution in [1.82, 2.24) is 19.5 Å². The Kier molecular flexibility index (Phi) is 3.81. The Morgan fingerprint density at radius 2 is 2.00 bits per heavy atom. The minimum absolute atomic E-state index is 0.230. The summed E-state index contributed by atoms with van der Waals surface area (Å²) < 4.78 is 15.2. The Morgan fingerprint density at radius 3 is 2.67 bits per heavy atom. The molecule has 0 aliphatic carbocycles. The lowest BCUT2D eigenvalue weighted by atomic mass is 10.1. The van der Waals surface area contributed by atoms with Gasteiger partial charge in [0.05, 0.1) is 5.60 Å². The molecule has 0 saturated carbocycles. The van der Waals surface area contributed by atoms with E-state index in [2.05, 4.69) is 15.0 Å². The van der Waals surface area contributed by atoms with Gasteiger partial charge in [0, 0.05) is 12.6 Å². The average molecular weight is 327 g/mol. The molecule has 0 aliphatic rings. The highest BCUT2D eigenvalue weighted by Crippen LogP contribution is 2.25. The zero-order chi connectivity index (χ0) is 17.5. The van der Waals surface area contributed by atoms with Gasteiger partial charge in [0.2, 0.25) is 0 Å². The number of hydrogen-bond acceptors (Lipinski definition) is 5. The lowest BCUT2D eigenvalue weighted by molar-refractivity contribution is 0.134. The molecule has 0 saturated heterocycles. The van der Waals surface area contributed by atoms with Crippen LogP contribution < -0.4 is 5.73 Å². The smallest absolute Gasteiger partial charge is 0.166 e. The van der Waals surface area contributed by atoms with Crippen LogP contribution in [0.5, 0.6) is 0 Å². The van der Waals surface area contributed by atoms with Crippen molar-refractivity contribution >= 4 is 23.1 Å². The first-order valence-electron chi connectivity index (χ1n) is 7.42. The second-order valence-electron chi connectivity index (χ2n) is 6.13. The molecule has 7 heteroatoms. The molecule has 3 aromatic rings. The molecule has 0 radical (unpaired) electrons. The molecular weight excluding hydrogens is 309 g/mol. The largest absolute Gasteiger partial charge is 0.386 e. The Morgan fingerprint density at radius 1 is 1.25 bits per heavy atom. The predicted octanol–water partition coefficient (Wildman–Crippen LogP) is 2.54. The lowest BCUT2D eigenvalue weighted by Crippen LogP contribution is -2.13. The zero-order valence-electron chi connectivity index (χ0n) is 13.7. The van der Waals surface area contributed by atoms with Gasteiger partial charge in [-0.3, -0.25) is 0 Å². The maximum Gasteiger partial charge on any atom is 0.166 e. The van der Waals surface area contributed by atoms with Crippen molar-refractivity contribution in [3.8, 4) is 11.4 Å². The molecule has 3 N–H and O–H groups in total. The highest BCUT2D eigenvalue weighted by molar-refractivity contribution is 5.86. The van der Waals surface area contributed by atoms with Crippen molar-refractivity contribution in [3.63, 3.8) is 0 Å². The van der Waals surface area contributed by atoms with Crippen LogP contribution in [0, 0.1) is 5.82 Å². The quantitative estimate of drug-likeness (QED) is 0.771. The first kappa shape index (κ1) is 16.1. The topological polar surface area (TPSA) is 89.9 Å². The molecule has 24 heavy (non-hydrogen) atoms. The lowest BCUT2D eigenvalue weighted by Gasteiger charge is -2.09. The Bertz CT molecular complexity index is 940. The summed E-state index contributed by atoms with van der Waals surface area (Å²) in [4.78, 5) is 13.1. The van der Waals surface area contributed by atoms with E-state index in [4.69, 9.17) is 5.73 Å². The van der Waals surface area contributed by atoms with Crippen LogP contribution in [0.3, 0.4) is 0 Å². The minimum Gasteiger partial charge on any atom is -0.386 e. The number of aromatic nitrogens is 4. The molecular formula is C17H18FN5O. The fourth-order valence-electron chi connectivity index (χ4n) is 2.34. The van der Waals surface area contributed by atoms with E-state index in [-0.39, 0.29) is 11.6 Å². The van der Waals surface area contributed by atoms with E-state index in [1.807, 2.05) is 0 Å². The zero-order valence-corrected chi connectivity index (χ0v) is 13.7. The van der Waals surface area contributed by atoms with Gasteiger partial charge in [-0.1, -0.05) is 12.1 Å². The minimum atomic E-state index is -0.980. The van der Waals surface area contributed by atoms with Crippen LogP contribution in [0.15, 0.2) is 30.3 Å². The predicted molar refractivity (Wildman–Crippen MR) is 91.4 cm³/mol. The van der Waals surface area contributed by atoms with Crippen LogP contribution in [-0.2, 0) is 7.05 Å². The second kappa shape index (κ2) is 5.68. The summed E-state index contributed by atoms with van der Waals surface area (Å²) in [6, 6.07) is 6.17. The first-order valence-corrected chi connectivity index (χ1v) is 7.42. The van der Waals surface area contributed by atoms with Gasteiger partial charge >= 0.3 is 0 Å². The number of hydrogen-bond donors (Lipinski definition) is 2. The van der Waals surface area contributed by atoms with Crippen molar-refractivity contribution in [2.45, 2.75) is 19.4 Å². The molecule has 0 spiro atoms. The van der Waals surface area contributed by atoms with Crippen molar-refractivity contribution < 1.29 is 9.50 Å². The molecule has 2 heterocycles. The fourth-order valence-corrected chi connectivity index (χ4v) is 2.34. The van der Waals surface area contributed by atoms with Crippen LogP contribution in [-0.4, -0.2) is 30.2 Å². The van der Waals surface area contributed by atoms with Gasteiger partial charge in [-0.05, 0) is 38.1 Å². The summed E-state index contributed by atoms with van der Waals surface area (Å²) in [5.74, 6) is 0.811. The second-order valence-corrected chi connectivity index (χ2v) is 6.13. The Hall–Kier alpha value is -2.80. The SMILES string of the molecule is Cn1c(-c2cccc(F)c2)nc2c(N)nc(C=CC(C)(C)O)nc21. The third-order valence-corrected chi connectivity index (χ3v) is 3.49. The average Bonchev–Trinajstić information content (AvgIpc) is 2.83. The molecule has 0 atom stereocenters. The summed E-state index contributed by atoms with van der Waals surface area (Å²) in [6.07, 6.45) is 3.18. The summed E-state index contributed by atoms with van der Waals surface area (Å²) >= 11 is 0. The van der Waals surface area contributed by atoms with Gasteiger partial charge in [-0.2, -0.15) is 0 Å². The highest BCUT2D eigenvalue weighted by atomic mass is 19.1. The number of nitrogens with two attached hydrogens (primary N) is 1. The van der Waals surface area contributed by atoms with Gasteiger partial charge in [0.25, 0.3) is 0 Å². The van der Waals surface area contributed by atoms with Gasteiger partial charge in [-0.25, -0.2) is 19.3 Å². The molecule has 0 unspecified atom stereocenters. The molecule has 3 rings (SSSR count). The van der Waals surface area contributed by atoms with Gasteiger partial charge in [0.15, 0.2) is 22.8 Å². The van der Waals surface area contributed by atoms with Crippen molar-refractivity contribution in [3.05, 3.63) is 42.0 Å². The number of halogens is 1. The number of rotatable bonds is 3. The molecule has 0 bridgehead atoms. The van der Waals surface area contributed by atoms with Crippen molar-refractivity contribution in [1.29, 1.82) is 0 Å². The molecule has 0 amide bonds. The van der Waals surface area contributed by atoms with Crippen LogP contribution in [0.2, 0.25) is 0 Å². The normalized spacial score (nSPS) is 12.4. The molecule has 0 fully saturated rings. The molecule has 2 aromatic heterocycles. The van der Waals surface area contributed by atoms with E-state index in [1.165, 1.54) is 12.1 Å². The standard InChI is InChI=1S/C17H18FN5O/c1-17(2,24)8-7-12-20-14(19)13-16(21-12)23(3)15(22-13)10-5-4-6-11(18)9-10/h4-9,24H,1-3H3,(H2,19,20,21). The highest BCUT2D eigenvalue weighted by Gasteiger charge is 2.16. The van der Waals surface area contributed by atoms with Crippen LogP contribution in [0.1, 0.15) is 19.7 Å². The summed E-state index contributed by atoms with van der Waals surface area (Å²) in [5, 5.41) is 9.77. The Labute approximate surface area is 138 Å². The molecule has 0 aliphatic heterocycles. The van der Waals surface area contributed by atoms with E-state index < -0.39 is 5.60 Å². The number of fused-ring (bicyclic) bond motifs is 1. The summed E-state index contributed by atoms with van der Waals surface area (Å²) in [6.45, 7) is 3.30. The number of anilines is 1. The van der Waals surface area contributed by atoms with E-state index in [9.17, 15) is 9.50 Å². The van der Waals surface area contributed by atoms with E-state index in [0.29, 0.717) is 28.4 Å². The maximum atomic E-state index is 13.5. The van der Waals surface area contributed by atoms with Crippen LogP contribution in [0.25, 0.3) is 28.6 Å². The number of nitrogen functional groups attached to an aromatic ring is 1. The van der Waals surface area contributed by atoms with Gasteiger partial charge < -0.3 is 15.4 Å². The van der Waals surface area contributed by atoms with Gasteiger partial charge in [0.1, 0.15) is 11.6 Å². The molecule has 1 aromatic carbocycles. The fraction of sp³-hybridized carbons (Fsp3) is 0.235. The van der Waals surface area contributed by atoms with Crippen molar-refractivity contribution in [2.24, 2.45) is 7.05 Å². The van der Waals surface area contributed by atoms with Crippen molar-refractivity contribution in [2.75, 3.05) is 5.73 Å². The Balaban J connectivity index is 2.15. The van der Waals surface area contributed by atoms with E-state index in [1.54, 1.807) is 49.7 Å². The van der Waals surface area contributed by atoms with E-state index >= 15 is 0 Å². The van der Waals surface area contributed by atoms with E-state index in [0.717, 1.165) is 0 Å².